The third-order valence-corrected chi connectivity index (χ3v) is 4.43. The van der Waals surface area contributed by atoms with E-state index >= 15 is 0 Å². The van der Waals surface area contributed by atoms with E-state index in [4.69, 9.17) is 13.9 Å². The molecule has 0 aliphatic carbocycles. The van der Waals surface area contributed by atoms with Crippen molar-refractivity contribution >= 4 is 23.6 Å². The lowest BCUT2D eigenvalue weighted by Gasteiger charge is -2.20. The molecule has 0 saturated carbocycles. The molecule has 2 rings (SSSR count). The van der Waals surface area contributed by atoms with Gasteiger partial charge in [-0.25, -0.2) is 9.59 Å². The number of amides is 1. The van der Waals surface area contributed by atoms with Crippen LogP contribution in [0.5, 0.6) is 0 Å². The van der Waals surface area contributed by atoms with Crippen LogP contribution < -0.4 is 5.32 Å². The minimum atomic E-state index is -0.978. The van der Waals surface area contributed by atoms with Gasteiger partial charge in [0.05, 0.1) is 24.0 Å². The molecule has 0 aromatic carbocycles. The number of aryl methyl sites for hydroxylation is 2. The molecular weight excluding hydrogens is 392 g/mol. The van der Waals surface area contributed by atoms with Gasteiger partial charge in [-0.3, -0.25) is 9.59 Å². The van der Waals surface area contributed by atoms with Gasteiger partial charge in [0.1, 0.15) is 6.04 Å². The van der Waals surface area contributed by atoms with Crippen molar-refractivity contribution < 1.29 is 33.1 Å². The zero-order chi connectivity index (χ0) is 22.4. The molecule has 2 aromatic rings. The molecule has 0 aliphatic heterocycles. The van der Waals surface area contributed by atoms with Crippen molar-refractivity contribution in [2.75, 3.05) is 13.2 Å². The number of nitrogens with one attached hydrogen (secondary N) is 2. The number of H-pyrrole nitrogens is 1. The Morgan fingerprint density at radius 1 is 1.10 bits per heavy atom. The molecule has 0 bridgehead atoms. The Bertz CT molecular complexity index is 926. The van der Waals surface area contributed by atoms with Gasteiger partial charge in [-0.2, -0.15) is 0 Å². The fourth-order valence-corrected chi connectivity index (χ4v) is 3.00. The third-order valence-electron chi connectivity index (χ3n) is 4.43. The quantitative estimate of drug-likeness (QED) is 0.473. The van der Waals surface area contributed by atoms with Crippen LogP contribution in [-0.2, 0) is 14.3 Å². The number of ketones is 1. The summed E-state index contributed by atoms with van der Waals surface area (Å²) in [6, 6.07) is 2.04. The monoisotopic (exact) mass is 418 g/mol. The minimum Gasteiger partial charge on any atom is -0.462 e. The number of aromatic nitrogens is 1. The summed E-state index contributed by atoms with van der Waals surface area (Å²) >= 11 is 0. The topological polar surface area (TPSA) is 128 Å². The Morgan fingerprint density at radius 3 is 2.33 bits per heavy atom. The molecule has 2 aromatic heterocycles. The van der Waals surface area contributed by atoms with Crippen molar-refractivity contribution in [1.29, 1.82) is 0 Å². The van der Waals surface area contributed by atoms with Crippen LogP contribution in [0, 0.1) is 19.8 Å². The second-order valence-electron chi connectivity index (χ2n) is 7.05. The van der Waals surface area contributed by atoms with Crippen molar-refractivity contribution in [2.45, 2.75) is 40.7 Å². The van der Waals surface area contributed by atoms with Crippen molar-refractivity contribution in [3.8, 4) is 0 Å². The number of Topliss-reactive ketones (excluding diaryl/α,β-unsaturated/α-hetero) is 1. The van der Waals surface area contributed by atoms with Gasteiger partial charge >= 0.3 is 11.9 Å². The molecule has 1 amide bonds. The van der Waals surface area contributed by atoms with Crippen LogP contribution in [0.15, 0.2) is 22.8 Å². The van der Waals surface area contributed by atoms with Crippen LogP contribution in [0.4, 0.5) is 0 Å². The number of hydrogen-bond acceptors (Lipinski definition) is 7. The molecule has 0 radical (unpaired) electrons. The summed E-state index contributed by atoms with van der Waals surface area (Å²) in [5, 5.41) is 2.55. The van der Waals surface area contributed by atoms with Gasteiger partial charge < -0.3 is 24.2 Å². The Hall–Kier alpha value is -3.36. The second-order valence-corrected chi connectivity index (χ2v) is 7.05. The fraction of sp³-hybridized carbons (Fsp3) is 0.429. The molecule has 9 nitrogen and oxygen atoms in total. The van der Waals surface area contributed by atoms with Crippen molar-refractivity contribution in [2.24, 2.45) is 5.92 Å². The highest BCUT2D eigenvalue weighted by molar-refractivity contribution is 6.09. The Labute approximate surface area is 174 Å². The molecule has 1 atom stereocenters. The summed E-state index contributed by atoms with van der Waals surface area (Å²) in [6.07, 6.45) is 1.35. The van der Waals surface area contributed by atoms with E-state index in [1.54, 1.807) is 40.7 Å². The first kappa shape index (κ1) is 22.9. The lowest BCUT2D eigenvalue weighted by Crippen LogP contribution is -2.45. The first-order valence-electron chi connectivity index (χ1n) is 9.57. The average Bonchev–Trinajstić information content (AvgIpc) is 3.31. The highest BCUT2D eigenvalue weighted by Crippen LogP contribution is 2.20. The van der Waals surface area contributed by atoms with Crippen LogP contribution in [-0.4, -0.2) is 47.9 Å². The molecular formula is C21H26N2O7. The maximum Gasteiger partial charge on any atom is 0.340 e. The average molecular weight is 418 g/mol. The van der Waals surface area contributed by atoms with E-state index < -0.39 is 36.3 Å². The van der Waals surface area contributed by atoms with E-state index in [9.17, 15) is 19.2 Å². The maximum atomic E-state index is 12.7. The van der Waals surface area contributed by atoms with Gasteiger partial charge in [-0.05, 0) is 38.8 Å². The lowest BCUT2D eigenvalue weighted by atomic mass is 10.0. The molecule has 0 aliphatic rings. The molecule has 2 heterocycles. The van der Waals surface area contributed by atoms with E-state index in [-0.39, 0.29) is 29.4 Å². The van der Waals surface area contributed by atoms with E-state index in [1.165, 1.54) is 12.3 Å². The first-order valence-corrected chi connectivity index (χ1v) is 9.57. The number of rotatable bonds is 9. The van der Waals surface area contributed by atoms with Crippen molar-refractivity contribution in [1.82, 2.24) is 10.3 Å². The summed E-state index contributed by atoms with van der Waals surface area (Å²) in [7, 11) is 0. The number of esters is 2. The summed E-state index contributed by atoms with van der Waals surface area (Å²) < 4.78 is 15.2. The van der Waals surface area contributed by atoms with Crippen LogP contribution in [0.3, 0.4) is 0 Å². The predicted molar refractivity (Wildman–Crippen MR) is 106 cm³/mol. The van der Waals surface area contributed by atoms with Gasteiger partial charge in [-0.1, -0.05) is 13.8 Å². The van der Waals surface area contributed by atoms with E-state index in [0.29, 0.717) is 11.4 Å². The summed E-state index contributed by atoms with van der Waals surface area (Å²) in [6.45, 7) is 8.01. The molecule has 2 N–H and O–H groups in total. The second kappa shape index (κ2) is 9.91. The predicted octanol–water partition coefficient (Wildman–Crippen LogP) is 2.58. The first-order chi connectivity index (χ1) is 14.2. The Morgan fingerprint density at radius 2 is 1.77 bits per heavy atom. The van der Waals surface area contributed by atoms with Crippen molar-refractivity contribution in [3.05, 3.63) is 46.7 Å². The molecule has 0 spiro atoms. The number of carbonyl (C=O) groups excluding carboxylic acids is 4. The van der Waals surface area contributed by atoms with Gasteiger partial charge in [0.25, 0.3) is 5.91 Å². The van der Waals surface area contributed by atoms with E-state index in [2.05, 4.69) is 10.3 Å². The Balaban J connectivity index is 2.10. The maximum absolute atomic E-state index is 12.7. The number of furan rings is 1. The van der Waals surface area contributed by atoms with Crippen molar-refractivity contribution in [3.63, 3.8) is 0 Å². The summed E-state index contributed by atoms with van der Waals surface area (Å²) in [4.78, 5) is 52.6. The summed E-state index contributed by atoms with van der Waals surface area (Å²) in [5.41, 5.74) is 1.22. The number of aromatic amines is 1. The zero-order valence-electron chi connectivity index (χ0n) is 17.7. The SMILES string of the molecule is CCOC(=O)c1c(C)[nH]c(C)c1C(=O)COC(=O)[C@H](NC(=O)c1ccco1)C(C)C. The van der Waals surface area contributed by atoms with Crippen LogP contribution in [0.25, 0.3) is 0 Å². The molecule has 0 unspecified atom stereocenters. The van der Waals surface area contributed by atoms with Gasteiger partial charge in [0.15, 0.2) is 12.4 Å². The highest BCUT2D eigenvalue weighted by Gasteiger charge is 2.30. The molecule has 9 heteroatoms. The lowest BCUT2D eigenvalue weighted by molar-refractivity contribution is -0.145. The van der Waals surface area contributed by atoms with Crippen LogP contribution >= 0.6 is 0 Å². The normalized spacial score (nSPS) is 11.8. The van der Waals surface area contributed by atoms with E-state index in [0.717, 1.165) is 0 Å². The van der Waals surface area contributed by atoms with Crippen LogP contribution in [0.1, 0.15) is 63.4 Å². The molecule has 30 heavy (non-hydrogen) atoms. The van der Waals surface area contributed by atoms with Gasteiger partial charge in [0, 0.05) is 11.4 Å². The molecule has 162 valence electrons. The Kier molecular flexibility index (Phi) is 7.57. The van der Waals surface area contributed by atoms with E-state index in [1.807, 2.05) is 0 Å². The van der Waals surface area contributed by atoms with Crippen LogP contribution in [0.2, 0.25) is 0 Å². The smallest absolute Gasteiger partial charge is 0.340 e. The van der Waals surface area contributed by atoms with Gasteiger partial charge in [0.2, 0.25) is 5.78 Å². The largest absolute Gasteiger partial charge is 0.462 e. The minimum absolute atomic E-state index is 0.0574. The standard InChI is InChI=1S/C21H26N2O7/c1-6-28-20(26)17-13(5)22-12(4)16(17)14(24)10-30-21(27)18(11(2)3)23-19(25)15-8-7-9-29-15/h7-9,11,18,22H,6,10H2,1-5H3,(H,23,25)/t18-/m1/s1. The summed E-state index contributed by atoms with van der Waals surface area (Å²) in [5.74, 6) is -2.74. The molecule has 0 saturated heterocycles. The highest BCUT2D eigenvalue weighted by atomic mass is 16.5. The third kappa shape index (κ3) is 5.16. The number of carbonyl (C=O) groups is 4. The molecule has 0 fully saturated rings. The van der Waals surface area contributed by atoms with Gasteiger partial charge in [-0.15, -0.1) is 0 Å². The fourth-order valence-electron chi connectivity index (χ4n) is 3.00. The zero-order valence-corrected chi connectivity index (χ0v) is 17.7. The number of ether oxygens (including phenoxy) is 2. The number of hydrogen-bond donors (Lipinski definition) is 2.